The van der Waals surface area contributed by atoms with Crippen LogP contribution in [-0.2, 0) is 0 Å². The molecule has 0 fully saturated rings. The largest absolute Gasteiger partial charge is 0.494 e. The first-order chi connectivity index (χ1) is 17.2. The minimum absolute atomic E-state index is 0.362. The molecule has 0 saturated heterocycles. The van der Waals surface area contributed by atoms with Crippen molar-refractivity contribution < 1.29 is 13.9 Å². The van der Waals surface area contributed by atoms with E-state index < -0.39 is 0 Å². The Morgan fingerprint density at radius 3 is 1.83 bits per heavy atom. The molecular formula is C30H39FN2O2. The molecule has 0 atom stereocenters. The van der Waals surface area contributed by atoms with Crippen LogP contribution < -0.4 is 9.47 Å². The number of ether oxygens (including phenoxy) is 2. The molecule has 0 aliphatic heterocycles. The quantitative estimate of drug-likeness (QED) is 0.193. The van der Waals surface area contributed by atoms with E-state index in [1.54, 1.807) is 24.5 Å². The summed E-state index contributed by atoms with van der Waals surface area (Å²) in [7, 11) is 0. The molecule has 5 heteroatoms. The van der Waals surface area contributed by atoms with E-state index in [-0.39, 0.29) is 5.82 Å². The van der Waals surface area contributed by atoms with Crippen LogP contribution in [0.1, 0.15) is 78.1 Å². The molecular weight excluding hydrogens is 439 g/mol. The van der Waals surface area contributed by atoms with Crippen LogP contribution in [0, 0.1) is 5.82 Å². The Kier molecular flexibility index (Phi) is 11.5. The molecule has 3 rings (SSSR count). The van der Waals surface area contributed by atoms with Gasteiger partial charge in [0, 0.05) is 24.0 Å². The average Bonchev–Trinajstić information content (AvgIpc) is 2.89. The number of unbranched alkanes of at least 4 members (excludes halogenated alkanes) is 8. The van der Waals surface area contributed by atoms with Crippen LogP contribution in [0.3, 0.4) is 0 Å². The van der Waals surface area contributed by atoms with Crippen molar-refractivity contribution in [2.24, 2.45) is 0 Å². The van der Waals surface area contributed by atoms with E-state index in [1.165, 1.54) is 51.0 Å². The van der Waals surface area contributed by atoms with Gasteiger partial charge in [0.2, 0.25) is 0 Å². The summed E-state index contributed by atoms with van der Waals surface area (Å²) in [5.41, 5.74) is 2.24. The summed E-state index contributed by atoms with van der Waals surface area (Å²) in [6.07, 6.45) is 15.4. The Balaban J connectivity index is 1.49. The number of aromatic nitrogens is 2. The van der Waals surface area contributed by atoms with Crippen LogP contribution in [0.25, 0.3) is 22.5 Å². The minimum Gasteiger partial charge on any atom is -0.494 e. The molecule has 4 nitrogen and oxygen atoms in total. The van der Waals surface area contributed by atoms with Crippen molar-refractivity contribution in [3.05, 3.63) is 60.7 Å². The fraction of sp³-hybridized carbons (Fsp3) is 0.467. The highest BCUT2D eigenvalue weighted by Gasteiger charge is 2.10. The predicted molar refractivity (Wildman–Crippen MR) is 141 cm³/mol. The van der Waals surface area contributed by atoms with Crippen molar-refractivity contribution in [2.45, 2.75) is 78.1 Å². The zero-order valence-corrected chi connectivity index (χ0v) is 21.3. The summed E-state index contributed by atoms with van der Waals surface area (Å²) < 4.78 is 26.2. The van der Waals surface area contributed by atoms with Crippen molar-refractivity contribution >= 4 is 0 Å². The maximum atomic E-state index is 14.7. The first-order valence-corrected chi connectivity index (χ1v) is 13.2. The lowest BCUT2D eigenvalue weighted by atomic mass is 10.1. The van der Waals surface area contributed by atoms with Gasteiger partial charge in [-0.15, -0.1) is 0 Å². The normalized spacial score (nSPS) is 10.9. The maximum Gasteiger partial charge on any atom is 0.162 e. The molecule has 1 heterocycles. The van der Waals surface area contributed by atoms with E-state index in [0.717, 1.165) is 42.7 Å². The second-order valence-corrected chi connectivity index (χ2v) is 8.99. The number of nitrogens with zero attached hydrogens (tertiary/aromatic N) is 2. The Morgan fingerprint density at radius 2 is 1.17 bits per heavy atom. The summed E-state index contributed by atoms with van der Waals surface area (Å²) in [6, 6.07) is 12.8. The van der Waals surface area contributed by atoms with Gasteiger partial charge in [-0.2, -0.15) is 0 Å². The third kappa shape index (κ3) is 8.97. The summed E-state index contributed by atoms with van der Waals surface area (Å²) in [6.45, 7) is 5.75. The van der Waals surface area contributed by atoms with Gasteiger partial charge < -0.3 is 9.47 Å². The lowest BCUT2D eigenvalue weighted by molar-refractivity contribution is 0.303. The topological polar surface area (TPSA) is 44.2 Å². The second kappa shape index (κ2) is 15.1. The number of benzene rings is 2. The number of rotatable bonds is 16. The Labute approximate surface area is 209 Å². The van der Waals surface area contributed by atoms with E-state index in [9.17, 15) is 4.39 Å². The summed E-state index contributed by atoms with van der Waals surface area (Å²) in [5.74, 6) is 1.39. The fourth-order valence-corrected chi connectivity index (χ4v) is 3.92. The smallest absolute Gasteiger partial charge is 0.162 e. The van der Waals surface area contributed by atoms with E-state index in [4.69, 9.17) is 9.47 Å². The highest BCUT2D eigenvalue weighted by Crippen LogP contribution is 2.26. The van der Waals surface area contributed by atoms with Crippen LogP contribution in [0.15, 0.2) is 54.9 Å². The molecule has 3 aromatic rings. The van der Waals surface area contributed by atoms with Gasteiger partial charge in [0.1, 0.15) is 17.3 Å². The summed E-state index contributed by atoms with van der Waals surface area (Å²) >= 11 is 0. The minimum atomic E-state index is -0.376. The van der Waals surface area contributed by atoms with Gasteiger partial charge in [-0.25, -0.2) is 14.4 Å². The van der Waals surface area contributed by atoms with Crippen molar-refractivity contribution in [1.29, 1.82) is 0 Å². The molecule has 2 aromatic carbocycles. The third-order valence-corrected chi connectivity index (χ3v) is 6.05. The molecule has 0 amide bonds. The molecule has 0 aliphatic carbocycles. The Bertz CT molecular complexity index is 990. The monoisotopic (exact) mass is 478 g/mol. The number of hydrogen-bond donors (Lipinski definition) is 0. The molecule has 35 heavy (non-hydrogen) atoms. The molecule has 1 aromatic heterocycles. The van der Waals surface area contributed by atoms with Crippen LogP contribution in [0.4, 0.5) is 4.39 Å². The first kappa shape index (κ1) is 26.7. The van der Waals surface area contributed by atoms with Crippen molar-refractivity contribution in [3.8, 4) is 34.0 Å². The third-order valence-electron chi connectivity index (χ3n) is 6.05. The van der Waals surface area contributed by atoms with E-state index in [0.29, 0.717) is 23.7 Å². The SMILES string of the molecule is CCCCCCCCCOc1ccc(-c2ncc(-c3ccc(OCCCCC)cc3)cn2)c(F)c1. The maximum absolute atomic E-state index is 14.7. The van der Waals surface area contributed by atoms with E-state index in [2.05, 4.69) is 23.8 Å². The van der Waals surface area contributed by atoms with Crippen LogP contribution >= 0.6 is 0 Å². The van der Waals surface area contributed by atoms with Gasteiger partial charge in [0.15, 0.2) is 5.82 Å². The molecule has 0 radical (unpaired) electrons. The predicted octanol–water partition coefficient (Wildman–Crippen LogP) is 8.65. The second-order valence-electron chi connectivity index (χ2n) is 8.99. The fourth-order valence-electron chi connectivity index (χ4n) is 3.92. The first-order valence-electron chi connectivity index (χ1n) is 13.2. The van der Waals surface area contributed by atoms with Crippen molar-refractivity contribution in [3.63, 3.8) is 0 Å². The highest BCUT2D eigenvalue weighted by molar-refractivity contribution is 5.64. The van der Waals surface area contributed by atoms with Crippen LogP contribution in [-0.4, -0.2) is 23.2 Å². The molecule has 0 bridgehead atoms. The van der Waals surface area contributed by atoms with E-state index >= 15 is 0 Å². The van der Waals surface area contributed by atoms with Gasteiger partial charge in [-0.1, -0.05) is 77.3 Å². The lowest BCUT2D eigenvalue weighted by Crippen LogP contribution is -1.99. The number of hydrogen-bond acceptors (Lipinski definition) is 4. The molecule has 0 aliphatic rings. The zero-order valence-electron chi connectivity index (χ0n) is 21.3. The lowest BCUT2D eigenvalue weighted by Gasteiger charge is -2.09. The highest BCUT2D eigenvalue weighted by atomic mass is 19.1. The summed E-state index contributed by atoms with van der Waals surface area (Å²) in [4.78, 5) is 8.80. The van der Waals surface area contributed by atoms with Gasteiger partial charge >= 0.3 is 0 Å². The summed E-state index contributed by atoms with van der Waals surface area (Å²) in [5, 5.41) is 0. The molecule has 0 N–H and O–H groups in total. The van der Waals surface area contributed by atoms with E-state index in [1.807, 2.05) is 24.3 Å². The average molecular weight is 479 g/mol. The van der Waals surface area contributed by atoms with Gasteiger partial charge in [-0.05, 0) is 42.7 Å². The Hall–Kier alpha value is -2.95. The molecule has 188 valence electrons. The standard InChI is InChI=1S/C30H39FN2O2/c1-3-5-7-8-9-10-12-20-35-27-17-18-28(29(31)21-27)30-32-22-25(23-33-30)24-13-15-26(16-14-24)34-19-11-6-4-2/h13-18,21-23H,3-12,19-20H2,1-2H3. The van der Waals surface area contributed by atoms with Crippen molar-refractivity contribution in [1.82, 2.24) is 9.97 Å². The van der Waals surface area contributed by atoms with Gasteiger partial charge in [0.05, 0.1) is 18.8 Å². The zero-order chi connectivity index (χ0) is 24.7. The molecule has 0 unspecified atom stereocenters. The number of halogens is 1. The molecule has 0 spiro atoms. The molecule has 0 saturated carbocycles. The van der Waals surface area contributed by atoms with Crippen LogP contribution in [0.2, 0.25) is 0 Å². The van der Waals surface area contributed by atoms with Gasteiger partial charge in [0.25, 0.3) is 0 Å². The Morgan fingerprint density at radius 1 is 0.629 bits per heavy atom. The van der Waals surface area contributed by atoms with Crippen LogP contribution in [0.5, 0.6) is 11.5 Å². The van der Waals surface area contributed by atoms with Crippen molar-refractivity contribution in [2.75, 3.05) is 13.2 Å². The van der Waals surface area contributed by atoms with Gasteiger partial charge in [-0.3, -0.25) is 0 Å².